The third-order valence-electron chi connectivity index (χ3n) is 3.13. The number of hydrogen-bond acceptors (Lipinski definition) is 3. The first kappa shape index (κ1) is 13.7. The van der Waals surface area contributed by atoms with E-state index in [1.807, 2.05) is 26.8 Å². The molecule has 19 heavy (non-hydrogen) atoms. The zero-order valence-electron chi connectivity index (χ0n) is 11.9. The van der Waals surface area contributed by atoms with Crippen molar-refractivity contribution in [2.24, 2.45) is 5.92 Å². The number of rotatable bonds is 3. The van der Waals surface area contributed by atoms with Crippen molar-refractivity contribution in [3.8, 4) is 5.75 Å². The number of ether oxygens (including phenoxy) is 1. The third-order valence-corrected chi connectivity index (χ3v) is 3.13. The molecule has 1 fully saturated rings. The van der Waals surface area contributed by atoms with E-state index in [1.165, 1.54) is 12.8 Å². The van der Waals surface area contributed by atoms with Gasteiger partial charge >= 0.3 is 0 Å². The molecule has 0 saturated heterocycles. The summed E-state index contributed by atoms with van der Waals surface area (Å²) in [6.45, 7) is 10.0. The molecule has 0 atom stereocenters. The van der Waals surface area contributed by atoms with Crippen molar-refractivity contribution >= 4 is 11.0 Å². The molecule has 2 aromatic rings. The van der Waals surface area contributed by atoms with Crippen molar-refractivity contribution < 1.29 is 9.26 Å². The van der Waals surface area contributed by atoms with Crippen molar-refractivity contribution in [3.05, 3.63) is 36.0 Å². The van der Waals surface area contributed by atoms with Crippen LogP contribution in [0.3, 0.4) is 0 Å². The zero-order valence-corrected chi connectivity index (χ0v) is 11.9. The van der Waals surface area contributed by atoms with E-state index in [0.29, 0.717) is 0 Å². The fraction of sp³-hybridized carbons (Fsp3) is 0.438. The van der Waals surface area contributed by atoms with Gasteiger partial charge in [0.25, 0.3) is 0 Å². The number of allylic oxidation sites excluding steroid dienone is 1. The normalized spacial score (nSPS) is 13.8. The van der Waals surface area contributed by atoms with Gasteiger partial charge in [-0.3, -0.25) is 0 Å². The number of benzene rings is 1. The minimum Gasteiger partial charge on any atom is -0.489 e. The van der Waals surface area contributed by atoms with E-state index in [0.717, 1.165) is 40.5 Å². The van der Waals surface area contributed by atoms with Gasteiger partial charge in [0.2, 0.25) is 5.58 Å². The van der Waals surface area contributed by atoms with E-state index in [-0.39, 0.29) is 0 Å². The highest BCUT2D eigenvalue weighted by molar-refractivity contribution is 5.85. The van der Waals surface area contributed by atoms with Crippen LogP contribution in [0, 0.1) is 19.8 Å². The first-order valence-corrected chi connectivity index (χ1v) is 6.72. The Morgan fingerprint density at radius 3 is 2.74 bits per heavy atom. The minimum absolute atomic E-state index is 0.749. The smallest absolute Gasteiger partial charge is 0.209 e. The molecule has 1 aromatic carbocycles. The number of nitrogens with zero attached hydrogens (tertiary/aromatic N) is 1. The summed E-state index contributed by atoms with van der Waals surface area (Å²) in [4.78, 5) is 0. The molecule has 1 heterocycles. The maximum absolute atomic E-state index is 5.85. The number of aromatic nitrogens is 1. The highest BCUT2D eigenvalue weighted by atomic mass is 16.5. The van der Waals surface area contributed by atoms with Crippen LogP contribution < -0.4 is 4.74 Å². The predicted molar refractivity (Wildman–Crippen MR) is 77.6 cm³/mol. The summed E-state index contributed by atoms with van der Waals surface area (Å²) >= 11 is 0. The maximum Gasteiger partial charge on any atom is 0.209 e. The maximum atomic E-state index is 5.85. The summed E-state index contributed by atoms with van der Waals surface area (Å²) in [5.74, 6) is 1.61. The Balaban J connectivity index is 0.000000408. The zero-order chi connectivity index (χ0) is 13.8. The second-order valence-electron chi connectivity index (χ2n) is 5.02. The van der Waals surface area contributed by atoms with Crippen molar-refractivity contribution in [2.75, 3.05) is 6.61 Å². The molecule has 102 valence electrons. The van der Waals surface area contributed by atoms with Crippen LogP contribution in [0.4, 0.5) is 0 Å². The van der Waals surface area contributed by atoms with Gasteiger partial charge in [-0.05, 0) is 51.2 Å². The Morgan fingerprint density at radius 1 is 1.42 bits per heavy atom. The van der Waals surface area contributed by atoms with Crippen LogP contribution in [0.2, 0.25) is 0 Å². The quantitative estimate of drug-likeness (QED) is 0.765. The van der Waals surface area contributed by atoms with Crippen molar-refractivity contribution in [2.45, 2.75) is 33.6 Å². The second kappa shape index (κ2) is 5.91. The van der Waals surface area contributed by atoms with E-state index < -0.39 is 0 Å². The lowest BCUT2D eigenvalue weighted by molar-refractivity contribution is 0.293. The van der Waals surface area contributed by atoms with E-state index in [9.17, 15) is 0 Å². The van der Waals surface area contributed by atoms with Gasteiger partial charge in [-0.15, -0.1) is 6.58 Å². The molecule has 0 aliphatic heterocycles. The van der Waals surface area contributed by atoms with E-state index in [4.69, 9.17) is 9.26 Å². The standard InChI is InChI=1S/C13H15NO2.C3H6/c1-8-3-6-11-9(2)14-16-13(11)12(8)15-7-10-4-5-10;1-3-2/h3,6,10H,4-5,7H2,1-2H3;3H,1H2,2H3. The molecular weight excluding hydrogens is 238 g/mol. The molecule has 0 radical (unpaired) electrons. The van der Waals surface area contributed by atoms with Crippen LogP contribution in [0.25, 0.3) is 11.0 Å². The van der Waals surface area contributed by atoms with Gasteiger partial charge < -0.3 is 9.26 Å². The largest absolute Gasteiger partial charge is 0.489 e. The predicted octanol–water partition coefficient (Wildman–Crippen LogP) is 4.43. The van der Waals surface area contributed by atoms with E-state index in [1.54, 1.807) is 6.08 Å². The monoisotopic (exact) mass is 259 g/mol. The minimum atomic E-state index is 0.749. The Morgan fingerprint density at radius 2 is 2.11 bits per heavy atom. The van der Waals surface area contributed by atoms with Crippen LogP contribution in [-0.4, -0.2) is 11.8 Å². The summed E-state index contributed by atoms with van der Waals surface area (Å²) < 4.78 is 11.2. The molecule has 0 N–H and O–H groups in total. The number of aryl methyl sites for hydroxylation is 2. The first-order chi connectivity index (χ1) is 9.17. The highest BCUT2D eigenvalue weighted by Gasteiger charge is 2.23. The molecule has 1 saturated carbocycles. The fourth-order valence-corrected chi connectivity index (χ4v) is 1.87. The summed E-state index contributed by atoms with van der Waals surface area (Å²) in [7, 11) is 0. The Hall–Kier alpha value is -1.77. The lowest BCUT2D eigenvalue weighted by Gasteiger charge is -2.08. The summed E-state index contributed by atoms with van der Waals surface area (Å²) in [5, 5.41) is 5.04. The van der Waals surface area contributed by atoms with Gasteiger partial charge in [0.05, 0.1) is 12.3 Å². The van der Waals surface area contributed by atoms with Crippen LogP contribution in [0.1, 0.15) is 31.0 Å². The van der Waals surface area contributed by atoms with Crippen LogP contribution in [-0.2, 0) is 0 Å². The van der Waals surface area contributed by atoms with Gasteiger partial charge in [0.1, 0.15) is 0 Å². The molecule has 3 heteroatoms. The molecular formula is C16H21NO2. The topological polar surface area (TPSA) is 35.3 Å². The van der Waals surface area contributed by atoms with Crippen molar-refractivity contribution in [1.29, 1.82) is 0 Å². The van der Waals surface area contributed by atoms with Gasteiger partial charge in [0.15, 0.2) is 5.75 Å². The Bertz CT molecular complexity index is 567. The fourth-order valence-electron chi connectivity index (χ4n) is 1.87. The molecule has 0 amide bonds. The van der Waals surface area contributed by atoms with Gasteiger partial charge in [-0.1, -0.05) is 17.3 Å². The molecule has 1 aromatic heterocycles. The van der Waals surface area contributed by atoms with Crippen LogP contribution in [0.5, 0.6) is 5.75 Å². The Kier molecular flexibility index (Phi) is 4.25. The second-order valence-corrected chi connectivity index (χ2v) is 5.02. The summed E-state index contributed by atoms with van der Waals surface area (Å²) in [5.41, 5.74) is 2.83. The van der Waals surface area contributed by atoms with Crippen LogP contribution in [0.15, 0.2) is 29.3 Å². The van der Waals surface area contributed by atoms with Crippen LogP contribution >= 0.6 is 0 Å². The average Bonchev–Trinajstić information content (AvgIpc) is 3.13. The molecule has 1 aliphatic carbocycles. The van der Waals surface area contributed by atoms with Gasteiger partial charge in [-0.25, -0.2) is 0 Å². The highest BCUT2D eigenvalue weighted by Crippen LogP contribution is 2.34. The molecule has 1 aliphatic rings. The summed E-state index contributed by atoms with van der Waals surface area (Å²) in [6, 6.07) is 4.11. The SMILES string of the molecule is C=CC.Cc1ccc2c(C)noc2c1OCC1CC1. The number of fused-ring (bicyclic) bond motifs is 1. The van der Waals surface area contributed by atoms with E-state index in [2.05, 4.69) is 17.8 Å². The van der Waals surface area contributed by atoms with Gasteiger partial charge in [0, 0.05) is 5.39 Å². The number of hydrogen-bond donors (Lipinski definition) is 0. The molecule has 0 bridgehead atoms. The lowest BCUT2D eigenvalue weighted by Crippen LogP contribution is -2.00. The average molecular weight is 259 g/mol. The molecule has 3 rings (SSSR count). The van der Waals surface area contributed by atoms with Crippen molar-refractivity contribution in [3.63, 3.8) is 0 Å². The van der Waals surface area contributed by atoms with E-state index >= 15 is 0 Å². The molecule has 0 unspecified atom stereocenters. The third kappa shape index (κ3) is 3.16. The Labute approximate surface area is 114 Å². The van der Waals surface area contributed by atoms with Gasteiger partial charge in [-0.2, -0.15) is 0 Å². The molecule has 0 spiro atoms. The lowest BCUT2D eigenvalue weighted by atomic mass is 10.1. The summed E-state index contributed by atoms with van der Waals surface area (Å²) in [6.07, 6.45) is 4.34. The first-order valence-electron chi connectivity index (χ1n) is 6.72. The molecule has 3 nitrogen and oxygen atoms in total. The van der Waals surface area contributed by atoms with Crippen molar-refractivity contribution in [1.82, 2.24) is 5.16 Å².